The van der Waals surface area contributed by atoms with Crippen LogP contribution < -0.4 is 10.6 Å². The molecule has 0 saturated heterocycles. The summed E-state index contributed by atoms with van der Waals surface area (Å²) in [5.41, 5.74) is 0. The van der Waals surface area contributed by atoms with Gasteiger partial charge in [-0.05, 0) is 6.42 Å². The first-order valence-corrected chi connectivity index (χ1v) is 7.24. The molecule has 0 aromatic rings. The minimum Gasteiger partial charge on any atom is -0.480 e. The number of rotatable bonds is 13. The first kappa shape index (κ1) is 20.9. The zero-order chi connectivity index (χ0) is 17.3. The molecule has 0 radical (unpaired) electrons. The van der Waals surface area contributed by atoms with Gasteiger partial charge in [0.25, 0.3) is 0 Å². The van der Waals surface area contributed by atoms with Crippen LogP contribution in [0.3, 0.4) is 0 Å². The molecule has 134 valence electrons. The topological polar surface area (TPSA) is 132 Å². The minimum atomic E-state index is -1.16. The third-order valence-electron chi connectivity index (χ3n) is 2.17. The number of carbonyl (C=O) groups excluding carboxylic acids is 2. The highest BCUT2D eigenvalue weighted by molar-refractivity contribution is 5.76. The lowest BCUT2D eigenvalue weighted by Gasteiger charge is -2.08. The van der Waals surface area contributed by atoms with Gasteiger partial charge in [0.15, 0.2) is 0 Å². The van der Waals surface area contributed by atoms with Crippen molar-refractivity contribution in [3.05, 3.63) is 0 Å². The van der Waals surface area contributed by atoms with E-state index in [1.54, 1.807) is 0 Å². The summed E-state index contributed by atoms with van der Waals surface area (Å²) in [6.07, 6.45) is -0.477. The number of carbonyl (C=O) groups is 3. The lowest BCUT2D eigenvalue weighted by atomic mass is 10.5. The fourth-order valence-electron chi connectivity index (χ4n) is 1.21. The van der Waals surface area contributed by atoms with Gasteiger partial charge in [0.05, 0.1) is 19.8 Å². The molecule has 10 heteroatoms. The summed E-state index contributed by atoms with van der Waals surface area (Å²) in [6.45, 7) is 3.24. The predicted molar refractivity (Wildman–Crippen MR) is 78.3 cm³/mol. The minimum absolute atomic E-state index is 0.0231. The van der Waals surface area contributed by atoms with E-state index in [9.17, 15) is 14.4 Å². The lowest BCUT2D eigenvalue weighted by Crippen LogP contribution is -2.31. The summed E-state index contributed by atoms with van der Waals surface area (Å²) in [5, 5.41) is 12.8. The maximum absolute atomic E-state index is 11.2. The summed E-state index contributed by atoms with van der Waals surface area (Å²) < 4.78 is 19.7. The average Bonchev–Trinajstić information content (AvgIpc) is 2.51. The highest BCUT2D eigenvalue weighted by Crippen LogP contribution is 1.84. The Kier molecular flexibility index (Phi) is 13.5. The Hall–Kier alpha value is -2.07. The summed E-state index contributed by atoms with van der Waals surface area (Å²) in [7, 11) is 0. The number of alkyl carbamates (subject to hydrolysis) is 2. The molecule has 23 heavy (non-hydrogen) atoms. The van der Waals surface area contributed by atoms with E-state index in [2.05, 4.69) is 10.1 Å². The smallest absolute Gasteiger partial charge is 0.407 e. The molecule has 0 aliphatic rings. The van der Waals surface area contributed by atoms with E-state index >= 15 is 0 Å². The highest BCUT2D eigenvalue weighted by Gasteiger charge is 2.04. The van der Waals surface area contributed by atoms with Crippen LogP contribution in [0.15, 0.2) is 0 Å². The van der Waals surface area contributed by atoms with Crippen molar-refractivity contribution in [2.24, 2.45) is 0 Å². The molecule has 0 aromatic carbocycles. The Bertz CT molecular complexity index is 351. The normalized spacial score (nSPS) is 9.96. The molecular weight excluding hydrogens is 312 g/mol. The van der Waals surface area contributed by atoms with Gasteiger partial charge in [-0.25, -0.2) is 9.59 Å². The molecule has 0 bridgehead atoms. The van der Waals surface area contributed by atoms with Gasteiger partial charge in [0.2, 0.25) is 0 Å². The van der Waals surface area contributed by atoms with Crippen molar-refractivity contribution in [3.8, 4) is 0 Å². The van der Waals surface area contributed by atoms with E-state index in [1.165, 1.54) is 0 Å². The van der Waals surface area contributed by atoms with Crippen LogP contribution in [0.4, 0.5) is 9.59 Å². The van der Waals surface area contributed by atoms with Gasteiger partial charge in [-0.1, -0.05) is 6.92 Å². The van der Waals surface area contributed by atoms with E-state index in [1.807, 2.05) is 12.2 Å². The zero-order valence-corrected chi connectivity index (χ0v) is 13.2. The molecule has 0 heterocycles. The van der Waals surface area contributed by atoms with Gasteiger partial charge in [0, 0.05) is 13.2 Å². The molecule has 0 saturated carbocycles. The molecule has 0 atom stereocenters. The van der Waals surface area contributed by atoms with Crippen LogP contribution in [0.25, 0.3) is 0 Å². The molecule has 10 nitrogen and oxygen atoms in total. The zero-order valence-electron chi connectivity index (χ0n) is 13.2. The number of hydrogen-bond acceptors (Lipinski definition) is 7. The standard InChI is InChI=1S/C13H24N2O8/c1-2-4-20-6-8-22-12(18)14-3-5-21-7-9-23-13(19)15-10-11(16)17/h2-10H2,1H3,(H,14,18)(H,15,19)(H,16,17). The molecule has 0 aromatic heterocycles. The number of ether oxygens (including phenoxy) is 4. The molecule has 0 fully saturated rings. The number of carboxylic acid groups (broad SMARTS) is 1. The van der Waals surface area contributed by atoms with E-state index < -0.39 is 24.7 Å². The second kappa shape index (κ2) is 14.9. The van der Waals surface area contributed by atoms with Crippen molar-refractivity contribution in [1.29, 1.82) is 0 Å². The third-order valence-corrected chi connectivity index (χ3v) is 2.17. The Morgan fingerprint density at radius 2 is 1.39 bits per heavy atom. The quantitative estimate of drug-likeness (QED) is 0.399. The van der Waals surface area contributed by atoms with Crippen LogP contribution >= 0.6 is 0 Å². The highest BCUT2D eigenvalue weighted by atomic mass is 16.6. The number of aliphatic carboxylic acids is 1. The second-order valence-corrected chi connectivity index (χ2v) is 4.17. The molecule has 0 aliphatic carbocycles. The van der Waals surface area contributed by atoms with Crippen LogP contribution in [-0.4, -0.2) is 76.0 Å². The molecule has 0 rings (SSSR count). The van der Waals surface area contributed by atoms with Gasteiger partial charge in [0.1, 0.15) is 19.8 Å². The van der Waals surface area contributed by atoms with Crippen molar-refractivity contribution < 1.29 is 38.4 Å². The summed E-state index contributed by atoms with van der Waals surface area (Å²) in [5.74, 6) is -1.16. The van der Waals surface area contributed by atoms with Crippen molar-refractivity contribution in [3.63, 3.8) is 0 Å². The van der Waals surface area contributed by atoms with Crippen LogP contribution in [0.2, 0.25) is 0 Å². The summed E-state index contributed by atoms with van der Waals surface area (Å²) >= 11 is 0. The monoisotopic (exact) mass is 336 g/mol. The SMILES string of the molecule is CCCOCCOC(=O)NCCOCCOC(=O)NCC(=O)O. The Morgan fingerprint density at radius 1 is 0.826 bits per heavy atom. The molecule has 2 amide bonds. The number of carboxylic acids is 1. The van der Waals surface area contributed by atoms with Gasteiger partial charge >= 0.3 is 18.2 Å². The molecular formula is C13H24N2O8. The van der Waals surface area contributed by atoms with E-state index in [4.69, 9.17) is 19.3 Å². The van der Waals surface area contributed by atoms with Gasteiger partial charge < -0.3 is 34.7 Å². The Morgan fingerprint density at radius 3 is 1.96 bits per heavy atom. The lowest BCUT2D eigenvalue weighted by molar-refractivity contribution is -0.135. The Balaban J connectivity index is 3.30. The largest absolute Gasteiger partial charge is 0.480 e. The third kappa shape index (κ3) is 16.1. The summed E-state index contributed by atoms with van der Waals surface area (Å²) in [6, 6.07) is 0. The van der Waals surface area contributed by atoms with Crippen LogP contribution in [0, 0.1) is 0 Å². The maximum atomic E-state index is 11.2. The fourth-order valence-corrected chi connectivity index (χ4v) is 1.21. The van der Waals surface area contributed by atoms with Crippen molar-refractivity contribution in [1.82, 2.24) is 10.6 Å². The fraction of sp³-hybridized carbons (Fsp3) is 0.769. The predicted octanol–water partition coefficient (Wildman–Crippen LogP) is -0.0334. The number of hydrogen-bond donors (Lipinski definition) is 3. The van der Waals surface area contributed by atoms with Crippen LogP contribution in [0.1, 0.15) is 13.3 Å². The number of nitrogens with one attached hydrogen (secondary N) is 2. The number of amides is 2. The van der Waals surface area contributed by atoms with E-state index in [0.717, 1.165) is 6.42 Å². The first-order valence-electron chi connectivity index (χ1n) is 7.24. The molecule has 0 unspecified atom stereocenters. The van der Waals surface area contributed by atoms with E-state index in [0.29, 0.717) is 13.2 Å². The van der Waals surface area contributed by atoms with Gasteiger partial charge in [-0.2, -0.15) is 0 Å². The van der Waals surface area contributed by atoms with Crippen molar-refractivity contribution in [2.75, 3.05) is 52.7 Å². The average molecular weight is 336 g/mol. The maximum Gasteiger partial charge on any atom is 0.407 e. The molecule has 0 spiro atoms. The van der Waals surface area contributed by atoms with Crippen molar-refractivity contribution >= 4 is 18.2 Å². The first-order chi connectivity index (χ1) is 11.1. The van der Waals surface area contributed by atoms with E-state index in [-0.39, 0.29) is 33.0 Å². The molecule has 3 N–H and O–H groups in total. The molecule has 0 aliphatic heterocycles. The van der Waals surface area contributed by atoms with Crippen LogP contribution in [-0.2, 0) is 23.7 Å². The van der Waals surface area contributed by atoms with Crippen molar-refractivity contribution in [2.45, 2.75) is 13.3 Å². The van der Waals surface area contributed by atoms with Crippen LogP contribution in [0.5, 0.6) is 0 Å². The summed E-state index contributed by atoms with van der Waals surface area (Å²) in [4.78, 5) is 32.3. The Labute approximate surface area is 134 Å². The second-order valence-electron chi connectivity index (χ2n) is 4.17. The van der Waals surface area contributed by atoms with Gasteiger partial charge in [-0.15, -0.1) is 0 Å². The van der Waals surface area contributed by atoms with Gasteiger partial charge in [-0.3, -0.25) is 4.79 Å².